The average Bonchev–Trinajstić information content (AvgIpc) is 2.74. The van der Waals surface area contributed by atoms with Crippen molar-refractivity contribution in [1.29, 1.82) is 0 Å². The predicted molar refractivity (Wildman–Crippen MR) is 113 cm³/mol. The molecule has 31 heavy (non-hydrogen) atoms. The molecule has 0 atom stereocenters. The molecule has 0 fully saturated rings. The highest BCUT2D eigenvalue weighted by atomic mass is 32.2. The van der Waals surface area contributed by atoms with Gasteiger partial charge in [-0.1, -0.05) is 12.1 Å². The molecule has 0 aliphatic heterocycles. The fourth-order valence-corrected chi connectivity index (χ4v) is 3.78. The molecule has 2 aromatic carbocycles. The molecular weight excluding hydrogens is 426 g/mol. The number of aromatic carboxylic acids is 1. The van der Waals surface area contributed by atoms with E-state index in [4.69, 9.17) is 0 Å². The van der Waals surface area contributed by atoms with Gasteiger partial charge >= 0.3 is 5.97 Å². The van der Waals surface area contributed by atoms with Gasteiger partial charge in [0.25, 0.3) is 15.7 Å². The van der Waals surface area contributed by atoms with Crippen LogP contribution in [-0.4, -0.2) is 35.6 Å². The minimum atomic E-state index is -4.42. The fraction of sp³-hybridized carbons (Fsp3) is 0. The monoisotopic (exact) mass is 441 g/mol. The number of non-ortho nitro benzene ring substituents is 1. The molecule has 0 saturated heterocycles. The molecular formula is C19H15N5O6S. The van der Waals surface area contributed by atoms with E-state index in [9.17, 15) is 28.4 Å². The molecule has 0 amide bonds. The minimum absolute atomic E-state index is 0.0452. The van der Waals surface area contributed by atoms with E-state index in [1.165, 1.54) is 36.5 Å². The number of nitrogens with one attached hydrogen (secondary N) is 2. The Kier molecular flexibility index (Phi) is 6.21. The van der Waals surface area contributed by atoms with Crippen molar-refractivity contribution in [2.75, 3.05) is 10.1 Å². The lowest BCUT2D eigenvalue weighted by atomic mass is 10.2. The maximum atomic E-state index is 13.0. The van der Waals surface area contributed by atoms with Gasteiger partial charge in [-0.05, 0) is 35.9 Å². The van der Waals surface area contributed by atoms with Crippen LogP contribution in [0.3, 0.4) is 0 Å². The average molecular weight is 441 g/mol. The summed E-state index contributed by atoms with van der Waals surface area (Å²) >= 11 is 0. The quantitative estimate of drug-likeness (QED) is 0.273. The van der Waals surface area contributed by atoms with Gasteiger partial charge < -0.3 is 5.11 Å². The van der Waals surface area contributed by atoms with Crippen LogP contribution in [0.4, 0.5) is 17.1 Å². The number of nitro benzene ring substituents is 1. The van der Waals surface area contributed by atoms with Crippen molar-refractivity contribution in [2.24, 2.45) is 5.10 Å². The number of benzene rings is 2. The Morgan fingerprint density at radius 2 is 1.81 bits per heavy atom. The van der Waals surface area contributed by atoms with Gasteiger partial charge in [0.1, 0.15) is 4.90 Å². The standard InChI is InChI=1S/C19H15N5O6S/c25-19(26)15-3-1-2-4-16(15)23-31(29,30)18-11-14(24(27)28)5-6-17(18)22-21-12-13-7-9-20-10-8-13/h1-12,22-23H,(H,25,26). The number of nitrogens with zero attached hydrogens (tertiary/aromatic N) is 3. The first-order valence-corrected chi connectivity index (χ1v) is 10.1. The molecule has 0 saturated carbocycles. The third kappa shape index (κ3) is 5.19. The van der Waals surface area contributed by atoms with Crippen LogP contribution in [0.15, 0.2) is 77.0 Å². The van der Waals surface area contributed by atoms with E-state index in [0.717, 1.165) is 12.1 Å². The maximum Gasteiger partial charge on any atom is 0.337 e. The number of carbonyl (C=O) groups is 1. The van der Waals surface area contributed by atoms with Crippen LogP contribution in [0, 0.1) is 10.1 Å². The predicted octanol–water partition coefficient (Wildman–Crippen LogP) is 2.93. The van der Waals surface area contributed by atoms with Crippen molar-refractivity contribution in [3.05, 3.63) is 88.2 Å². The van der Waals surface area contributed by atoms with Gasteiger partial charge in [-0.25, -0.2) is 13.2 Å². The number of rotatable bonds is 8. The summed E-state index contributed by atoms with van der Waals surface area (Å²) in [6, 6.07) is 11.9. The molecule has 3 N–H and O–H groups in total. The zero-order chi connectivity index (χ0) is 22.4. The zero-order valence-electron chi connectivity index (χ0n) is 15.7. The van der Waals surface area contributed by atoms with E-state index in [1.807, 2.05) is 0 Å². The molecule has 158 valence electrons. The molecule has 11 nitrogen and oxygen atoms in total. The number of sulfonamides is 1. The number of para-hydroxylation sites is 1. The van der Waals surface area contributed by atoms with E-state index in [0.29, 0.717) is 5.56 Å². The minimum Gasteiger partial charge on any atom is -0.478 e. The smallest absolute Gasteiger partial charge is 0.337 e. The summed E-state index contributed by atoms with van der Waals surface area (Å²) in [7, 11) is -4.42. The van der Waals surface area contributed by atoms with Gasteiger partial charge in [0.15, 0.2) is 0 Å². The SMILES string of the molecule is O=C(O)c1ccccc1NS(=O)(=O)c1cc([N+](=O)[O-])ccc1NN=Cc1ccncc1. The van der Waals surface area contributed by atoms with E-state index < -0.39 is 31.5 Å². The van der Waals surface area contributed by atoms with Gasteiger partial charge in [0.05, 0.1) is 28.1 Å². The lowest BCUT2D eigenvalue weighted by molar-refractivity contribution is -0.385. The number of nitro groups is 1. The lowest BCUT2D eigenvalue weighted by Crippen LogP contribution is -2.17. The van der Waals surface area contributed by atoms with Gasteiger partial charge in [-0.15, -0.1) is 0 Å². The number of anilines is 2. The van der Waals surface area contributed by atoms with E-state index in [1.54, 1.807) is 24.5 Å². The first kappa shape index (κ1) is 21.4. The topological polar surface area (TPSA) is 164 Å². The van der Waals surface area contributed by atoms with Crippen LogP contribution >= 0.6 is 0 Å². The van der Waals surface area contributed by atoms with Crippen LogP contribution in [-0.2, 0) is 10.0 Å². The Morgan fingerprint density at radius 3 is 2.48 bits per heavy atom. The largest absolute Gasteiger partial charge is 0.478 e. The van der Waals surface area contributed by atoms with Crippen LogP contribution in [0.25, 0.3) is 0 Å². The molecule has 0 radical (unpaired) electrons. The molecule has 3 rings (SSSR count). The van der Waals surface area contributed by atoms with Crippen LogP contribution < -0.4 is 10.1 Å². The third-order valence-corrected chi connectivity index (χ3v) is 5.38. The van der Waals surface area contributed by atoms with Crippen LogP contribution in [0.5, 0.6) is 0 Å². The van der Waals surface area contributed by atoms with Crippen molar-refractivity contribution in [2.45, 2.75) is 4.90 Å². The molecule has 12 heteroatoms. The number of carboxylic acid groups (broad SMARTS) is 1. The second-order valence-electron chi connectivity index (χ2n) is 6.04. The van der Waals surface area contributed by atoms with Crippen molar-refractivity contribution < 1.29 is 23.2 Å². The van der Waals surface area contributed by atoms with Gasteiger partial charge in [0, 0.05) is 24.5 Å². The first-order chi connectivity index (χ1) is 14.8. The highest BCUT2D eigenvalue weighted by Crippen LogP contribution is 2.29. The van der Waals surface area contributed by atoms with Gasteiger partial charge in [-0.2, -0.15) is 5.10 Å². The second kappa shape index (κ2) is 9.00. The molecule has 3 aromatic rings. The summed E-state index contributed by atoms with van der Waals surface area (Å²) < 4.78 is 28.1. The van der Waals surface area contributed by atoms with Gasteiger partial charge in [0.2, 0.25) is 0 Å². The summed E-state index contributed by atoms with van der Waals surface area (Å²) in [5, 5.41) is 24.4. The first-order valence-electron chi connectivity index (χ1n) is 8.60. The zero-order valence-corrected chi connectivity index (χ0v) is 16.5. The molecule has 1 aromatic heterocycles. The molecule has 1 heterocycles. The van der Waals surface area contributed by atoms with E-state index in [-0.39, 0.29) is 16.9 Å². The Balaban J connectivity index is 1.99. The summed E-state index contributed by atoms with van der Waals surface area (Å²) in [4.78, 5) is 25.2. The highest BCUT2D eigenvalue weighted by molar-refractivity contribution is 7.93. The summed E-state index contributed by atoms with van der Waals surface area (Å²) in [5.74, 6) is -1.34. The number of pyridine rings is 1. The molecule has 0 spiro atoms. The number of hydrogen-bond donors (Lipinski definition) is 3. The Labute approximate surface area is 176 Å². The lowest BCUT2D eigenvalue weighted by Gasteiger charge is -2.13. The maximum absolute atomic E-state index is 13.0. The number of hydrogen-bond acceptors (Lipinski definition) is 8. The Morgan fingerprint density at radius 1 is 1.10 bits per heavy atom. The molecule has 0 aliphatic rings. The normalized spacial score (nSPS) is 11.2. The Bertz CT molecular complexity index is 1260. The van der Waals surface area contributed by atoms with Crippen LogP contribution in [0.2, 0.25) is 0 Å². The summed E-state index contributed by atoms with van der Waals surface area (Å²) in [6.07, 6.45) is 4.51. The summed E-state index contributed by atoms with van der Waals surface area (Å²) in [5.41, 5.74) is 2.26. The third-order valence-electron chi connectivity index (χ3n) is 3.97. The number of hydrazone groups is 1. The van der Waals surface area contributed by atoms with E-state index in [2.05, 4.69) is 20.2 Å². The van der Waals surface area contributed by atoms with Crippen molar-refractivity contribution in [3.8, 4) is 0 Å². The van der Waals surface area contributed by atoms with Crippen LogP contribution in [0.1, 0.15) is 15.9 Å². The highest BCUT2D eigenvalue weighted by Gasteiger charge is 2.24. The molecule has 0 bridgehead atoms. The number of aromatic nitrogens is 1. The summed E-state index contributed by atoms with van der Waals surface area (Å²) in [6.45, 7) is 0. The molecule has 0 aliphatic carbocycles. The van der Waals surface area contributed by atoms with Gasteiger partial charge in [-0.3, -0.25) is 25.2 Å². The van der Waals surface area contributed by atoms with E-state index >= 15 is 0 Å². The second-order valence-corrected chi connectivity index (χ2v) is 7.70. The Hall–Kier alpha value is -4.32. The van der Waals surface area contributed by atoms with Crippen molar-refractivity contribution >= 4 is 39.3 Å². The van der Waals surface area contributed by atoms with Crippen molar-refractivity contribution in [3.63, 3.8) is 0 Å². The van der Waals surface area contributed by atoms with Crippen molar-refractivity contribution in [1.82, 2.24) is 4.98 Å². The molecule has 0 unspecified atom stereocenters. The fourth-order valence-electron chi connectivity index (χ4n) is 2.52. The number of carboxylic acids is 1.